The van der Waals surface area contributed by atoms with Crippen LogP contribution in [0.4, 0.5) is 0 Å². The highest BCUT2D eigenvalue weighted by atomic mass is 16.5. The first-order valence-electron chi connectivity index (χ1n) is 8.05. The Morgan fingerprint density at radius 3 is 2.58 bits per heavy atom. The number of likely N-dealkylation sites (tertiary alicyclic amines) is 1. The Kier molecular flexibility index (Phi) is 5.27. The predicted molar refractivity (Wildman–Crippen MR) is 80.5 cm³/mol. The summed E-state index contributed by atoms with van der Waals surface area (Å²) in [6, 6.07) is 0. The van der Waals surface area contributed by atoms with E-state index in [4.69, 9.17) is 4.74 Å². The average molecular weight is 268 g/mol. The van der Waals surface area contributed by atoms with Gasteiger partial charge in [0.1, 0.15) is 0 Å². The number of rotatable bonds is 4. The molecule has 19 heavy (non-hydrogen) atoms. The zero-order chi connectivity index (χ0) is 13.9. The molecule has 3 atom stereocenters. The van der Waals surface area contributed by atoms with Crippen molar-refractivity contribution in [2.24, 2.45) is 5.92 Å². The van der Waals surface area contributed by atoms with Gasteiger partial charge in [-0.1, -0.05) is 6.92 Å². The van der Waals surface area contributed by atoms with E-state index in [2.05, 4.69) is 37.9 Å². The molecule has 2 heterocycles. The third-order valence-electron chi connectivity index (χ3n) is 4.26. The molecular weight excluding hydrogens is 236 g/mol. The largest absolute Gasteiger partial charge is 0.372 e. The number of nitrogens with one attached hydrogen (secondary N) is 1. The van der Waals surface area contributed by atoms with Crippen molar-refractivity contribution in [2.75, 3.05) is 26.2 Å². The van der Waals surface area contributed by atoms with Crippen LogP contribution < -0.4 is 5.32 Å². The van der Waals surface area contributed by atoms with Gasteiger partial charge in [-0.2, -0.15) is 0 Å². The Morgan fingerprint density at radius 1 is 1.16 bits per heavy atom. The van der Waals surface area contributed by atoms with E-state index in [0.717, 1.165) is 19.0 Å². The molecule has 112 valence electrons. The lowest BCUT2D eigenvalue weighted by Gasteiger charge is -2.32. The summed E-state index contributed by atoms with van der Waals surface area (Å²) in [7, 11) is 0. The van der Waals surface area contributed by atoms with Gasteiger partial charge in [-0.3, -0.25) is 0 Å². The molecule has 2 aliphatic rings. The summed E-state index contributed by atoms with van der Waals surface area (Å²) < 4.78 is 6.19. The normalized spacial score (nSPS) is 33.8. The highest BCUT2D eigenvalue weighted by Gasteiger charge is 2.28. The van der Waals surface area contributed by atoms with Gasteiger partial charge in [0, 0.05) is 25.2 Å². The zero-order valence-electron chi connectivity index (χ0n) is 13.2. The maximum Gasteiger partial charge on any atom is 0.0707 e. The van der Waals surface area contributed by atoms with Gasteiger partial charge < -0.3 is 15.0 Å². The van der Waals surface area contributed by atoms with Crippen molar-refractivity contribution in [3.63, 3.8) is 0 Å². The molecule has 0 radical (unpaired) electrons. The first kappa shape index (κ1) is 15.3. The lowest BCUT2D eigenvalue weighted by molar-refractivity contribution is 0.0137. The average Bonchev–Trinajstić information content (AvgIpc) is 2.73. The first-order chi connectivity index (χ1) is 8.92. The highest BCUT2D eigenvalue weighted by molar-refractivity contribution is 4.82. The molecule has 0 aliphatic carbocycles. The number of piperidine rings is 1. The second-order valence-electron chi connectivity index (χ2n) is 7.60. The van der Waals surface area contributed by atoms with Crippen LogP contribution in [0.5, 0.6) is 0 Å². The highest BCUT2D eigenvalue weighted by Crippen LogP contribution is 2.23. The fourth-order valence-electron chi connectivity index (χ4n) is 3.23. The molecule has 3 nitrogen and oxygen atoms in total. The van der Waals surface area contributed by atoms with Crippen molar-refractivity contribution in [1.82, 2.24) is 10.2 Å². The maximum absolute atomic E-state index is 6.19. The van der Waals surface area contributed by atoms with E-state index in [9.17, 15) is 0 Å². The summed E-state index contributed by atoms with van der Waals surface area (Å²) in [6.07, 6.45) is 6.12. The Morgan fingerprint density at radius 2 is 1.89 bits per heavy atom. The summed E-state index contributed by atoms with van der Waals surface area (Å²) in [5.74, 6) is 0.869. The minimum absolute atomic E-state index is 0.198. The van der Waals surface area contributed by atoms with Crippen molar-refractivity contribution in [3.05, 3.63) is 0 Å². The summed E-state index contributed by atoms with van der Waals surface area (Å²) in [5, 5.41) is 3.56. The van der Waals surface area contributed by atoms with Gasteiger partial charge in [0.25, 0.3) is 0 Å². The first-order valence-corrected chi connectivity index (χ1v) is 8.05. The second-order valence-corrected chi connectivity index (χ2v) is 7.60. The third-order valence-corrected chi connectivity index (χ3v) is 4.26. The Balaban J connectivity index is 1.67. The van der Waals surface area contributed by atoms with Gasteiger partial charge in [0.2, 0.25) is 0 Å². The van der Waals surface area contributed by atoms with Crippen molar-refractivity contribution >= 4 is 0 Å². The molecule has 3 heteroatoms. The summed E-state index contributed by atoms with van der Waals surface area (Å²) in [5.41, 5.74) is 0.198. The number of hydrogen-bond acceptors (Lipinski definition) is 3. The van der Waals surface area contributed by atoms with E-state index in [0.29, 0.717) is 12.2 Å². The van der Waals surface area contributed by atoms with Crippen LogP contribution in [0.25, 0.3) is 0 Å². The molecule has 0 spiro atoms. The molecule has 2 fully saturated rings. The van der Waals surface area contributed by atoms with Crippen molar-refractivity contribution < 1.29 is 4.74 Å². The predicted octanol–water partition coefficient (Wildman–Crippen LogP) is 2.65. The molecule has 0 aromatic carbocycles. The quantitative estimate of drug-likeness (QED) is 0.848. The second kappa shape index (κ2) is 6.55. The SMILES string of the molecule is CC1CCCN(CC2CCC(CNC(C)(C)C)O2)C1. The van der Waals surface area contributed by atoms with Crippen molar-refractivity contribution in [1.29, 1.82) is 0 Å². The van der Waals surface area contributed by atoms with Crippen molar-refractivity contribution in [3.8, 4) is 0 Å². The van der Waals surface area contributed by atoms with Crippen LogP contribution in [0.1, 0.15) is 53.4 Å². The number of ether oxygens (including phenoxy) is 1. The van der Waals surface area contributed by atoms with Gasteiger partial charge >= 0.3 is 0 Å². The van der Waals surface area contributed by atoms with E-state index in [-0.39, 0.29) is 5.54 Å². The van der Waals surface area contributed by atoms with Crippen LogP contribution in [0.2, 0.25) is 0 Å². The number of hydrogen-bond donors (Lipinski definition) is 1. The van der Waals surface area contributed by atoms with E-state index < -0.39 is 0 Å². The Bertz CT molecular complexity index is 274. The van der Waals surface area contributed by atoms with Crippen LogP contribution in [0, 0.1) is 5.92 Å². The van der Waals surface area contributed by atoms with E-state index in [1.165, 1.54) is 38.8 Å². The minimum atomic E-state index is 0.198. The zero-order valence-corrected chi connectivity index (χ0v) is 13.2. The van der Waals surface area contributed by atoms with Gasteiger partial charge in [0.15, 0.2) is 0 Å². The Hall–Kier alpha value is -0.120. The monoisotopic (exact) mass is 268 g/mol. The van der Waals surface area contributed by atoms with Gasteiger partial charge in [0.05, 0.1) is 12.2 Å². The molecule has 0 aromatic heterocycles. The van der Waals surface area contributed by atoms with Crippen molar-refractivity contribution in [2.45, 2.75) is 71.1 Å². The molecule has 0 aromatic rings. The molecule has 0 bridgehead atoms. The standard InChI is InChI=1S/C16H32N2O/c1-13-6-5-9-18(11-13)12-15-8-7-14(19-15)10-17-16(2,3)4/h13-15,17H,5-12H2,1-4H3. The topological polar surface area (TPSA) is 24.5 Å². The van der Waals surface area contributed by atoms with E-state index in [1.54, 1.807) is 0 Å². The van der Waals surface area contributed by atoms with E-state index in [1.807, 2.05) is 0 Å². The molecule has 0 amide bonds. The fourth-order valence-corrected chi connectivity index (χ4v) is 3.23. The van der Waals surface area contributed by atoms with Crippen LogP contribution in [-0.2, 0) is 4.74 Å². The van der Waals surface area contributed by atoms with Gasteiger partial charge in [-0.25, -0.2) is 0 Å². The smallest absolute Gasteiger partial charge is 0.0707 e. The van der Waals surface area contributed by atoms with E-state index >= 15 is 0 Å². The summed E-state index contributed by atoms with van der Waals surface area (Å²) in [4.78, 5) is 2.61. The number of nitrogens with zero attached hydrogens (tertiary/aromatic N) is 1. The summed E-state index contributed by atoms with van der Waals surface area (Å²) in [6.45, 7) is 13.7. The third kappa shape index (κ3) is 5.41. The molecule has 3 unspecified atom stereocenters. The maximum atomic E-state index is 6.19. The summed E-state index contributed by atoms with van der Waals surface area (Å²) >= 11 is 0. The van der Waals surface area contributed by atoms with Gasteiger partial charge in [-0.15, -0.1) is 0 Å². The van der Waals surface area contributed by atoms with Crippen LogP contribution >= 0.6 is 0 Å². The molecular formula is C16H32N2O. The van der Waals surface area contributed by atoms with Gasteiger partial charge in [-0.05, 0) is 58.9 Å². The Labute approximate surface area is 119 Å². The lowest BCUT2D eigenvalue weighted by Crippen LogP contribution is -2.42. The van der Waals surface area contributed by atoms with Crippen LogP contribution in [0.15, 0.2) is 0 Å². The molecule has 0 saturated carbocycles. The lowest BCUT2D eigenvalue weighted by atomic mass is 10.00. The molecule has 2 aliphatic heterocycles. The minimum Gasteiger partial charge on any atom is -0.372 e. The molecule has 2 saturated heterocycles. The van der Waals surface area contributed by atoms with Crippen LogP contribution in [-0.4, -0.2) is 48.8 Å². The van der Waals surface area contributed by atoms with Crippen LogP contribution in [0.3, 0.4) is 0 Å². The molecule has 2 rings (SSSR count). The molecule has 1 N–H and O–H groups in total. The fraction of sp³-hybridized carbons (Fsp3) is 1.00.